The molecule has 0 spiro atoms. The van der Waals surface area contributed by atoms with Crippen molar-refractivity contribution in [3.05, 3.63) is 12.7 Å². The summed E-state index contributed by atoms with van der Waals surface area (Å²) in [5, 5.41) is 0. The summed E-state index contributed by atoms with van der Waals surface area (Å²) in [4.78, 5) is 2.29. The molecular weight excluding hydrogens is 205 g/mol. The van der Waals surface area contributed by atoms with E-state index in [1.807, 2.05) is 6.08 Å². The Kier molecular flexibility index (Phi) is 8.68. The van der Waals surface area contributed by atoms with E-state index < -0.39 is 0 Å². The SMILES string of the molecule is [B]C(CC=C)C(C(CC)CCC(C)C)N(C)C. The average Bonchev–Trinajstić information content (AvgIpc) is 2.23. The summed E-state index contributed by atoms with van der Waals surface area (Å²) in [6.07, 6.45) is 6.63. The molecule has 17 heavy (non-hydrogen) atoms. The van der Waals surface area contributed by atoms with Gasteiger partial charge in [-0.1, -0.05) is 45.5 Å². The zero-order chi connectivity index (χ0) is 13.4. The van der Waals surface area contributed by atoms with E-state index in [0.29, 0.717) is 12.0 Å². The van der Waals surface area contributed by atoms with Crippen molar-refractivity contribution in [2.75, 3.05) is 14.1 Å². The van der Waals surface area contributed by atoms with E-state index >= 15 is 0 Å². The quantitative estimate of drug-likeness (QED) is 0.432. The van der Waals surface area contributed by atoms with Crippen molar-refractivity contribution < 1.29 is 0 Å². The molecule has 0 N–H and O–H groups in total. The lowest BCUT2D eigenvalue weighted by atomic mass is 9.71. The minimum absolute atomic E-state index is 0.208. The van der Waals surface area contributed by atoms with Crippen LogP contribution in [0.3, 0.4) is 0 Å². The third-order valence-electron chi connectivity index (χ3n) is 3.60. The van der Waals surface area contributed by atoms with Crippen LogP contribution in [0.1, 0.15) is 46.5 Å². The van der Waals surface area contributed by atoms with Crippen molar-refractivity contribution in [1.82, 2.24) is 4.90 Å². The van der Waals surface area contributed by atoms with Gasteiger partial charge >= 0.3 is 0 Å². The summed E-state index contributed by atoms with van der Waals surface area (Å²) in [6, 6.07) is 0.469. The van der Waals surface area contributed by atoms with Crippen LogP contribution >= 0.6 is 0 Å². The van der Waals surface area contributed by atoms with E-state index in [1.165, 1.54) is 19.3 Å². The molecule has 0 aromatic heterocycles. The molecule has 0 aromatic carbocycles. The summed E-state index contributed by atoms with van der Waals surface area (Å²) >= 11 is 0. The van der Waals surface area contributed by atoms with E-state index in [1.54, 1.807) is 0 Å². The predicted molar refractivity (Wildman–Crippen MR) is 79.6 cm³/mol. The van der Waals surface area contributed by atoms with Gasteiger partial charge in [0, 0.05) is 6.04 Å². The fraction of sp³-hybridized carbons (Fsp3) is 0.867. The van der Waals surface area contributed by atoms with Gasteiger partial charge in [0.05, 0.1) is 7.85 Å². The van der Waals surface area contributed by atoms with Gasteiger partial charge in [-0.3, -0.25) is 0 Å². The Morgan fingerprint density at radius 1 is 1.24 bits per heavy atom. The van der Waals surface area contributed by atoms with Crippen molar-refractivity contribution in [1.29, 1.82) is 0 Å². The molecule has 3 atom stereocenters. The first-order chi connectivity index (χ1) is 7.93. The minimum Gasteiger partial charge on any atom is -0.307 e. The van der Waals surface area contributed by atoms with E-state index in [0.717, 1.165) is 12.3 Å². The Balaban J connectivity index is 4.56. The second kappa shape index (κ2) is 8.80. The third kappa shape index (κ3) is 6.31. The molecule has 0 aliphatic heterocycles. The van der Waals surface area contributed by atoms with E-state index in [-0.39, 0.29) is 5.82 Å². The number of hydrogen-bond donors (Lipinski definition) is 0. The zero-order valence-electron chi connectivity index (χ0n) is 12.4. The molecule has 0 saturated carbocycles. The molecule has 0 saturated heterocycles. The summed E-state index contributed by atoms with van der Waals surface area (Å²) < 4.78 is 0. The van der Waals surface area contributed by atoms with Crippen LogP contribution in [0, 0.1) is 11.8 Å². The van der Waals surface area contributed by atoms with Crippen LogP contribution in [-0.2, 0) is 0 Å². The molecule has 0 rings (SSSR count). The Bertz CT molecular complexity index is 201. The van der Waals surface area contributed by atoms with Gasteiger partial charge < -0.3 is 4.90 Å². The Morgan fingerprint density at radius 2 is 1.82 bits per heavy atom. The van der Waals surface area contributed by atoms with Gasteiger partial charge in [0.25, 0.3) is 0 Å². The van der Waals surface area contributed by atoms with Crippen molar-refractivity contribution in [2.45, 2.75) is 58.3 Å². The largest absolute Gasteiger partial charge is 0.307 e. The van der Waals surface area contributed by atoms with Crippen molar-refractivity contribution in [2.24, 2.45) is 11.8 Å². The molecule has 2 heteroatoms. The first-order valence-electron chi connectivity index (χ1n) is 6.96. The second-order valence-electron chi connectivity index (χ2n) is 5.78. The zero-order valence-corrected chi connectivity index (χ0v) is 12.4. The molecule has 98 valence electrons. The molecule has 0 aliphatic carbocycles. The van der Waals surface area contributed by atoms with E-state index in [4.69, 9.17) is 7.85 Å². The standard InChI is InChI=1S/C15H30BN/c1-7-9-14(16)15(17(5)6)13(8-2)11-10-12(3)4/h7,12-15H,1,8-11H2,2-6H3. The molecule has 2 radical (unpaired) electrons. The highest BCUT2D eigenvalue weighted by molar-refractivity contribution is 6.12. The van der Waals surface area contributed by atoms with Crippen molar-refractivity contribution >= 4 is 7.85 Å². The molecule has 0 aromatic rings. The first kappa shape index (κ1) is 16.8. The summed E-state index contributed by atoms with van der Waals surface area (Å²) in [7, 11) is 10.6. The lowest BCUT2D eigenvalue weighted by Crippen LogP contribution is -2.39. The number of hydrogen-bond acceptors (Lipinski definition) is 1. The maximum atomic E-state index is 6.30. The van der Waals surface area contributed by atoms with Gasteiger partial charge in [-0.15, -0.1) is 6.58 Å². The molecule has 0 aliphatic rings. The fourth-order valence-corrected chi connectivity index (χ4v) is 2.65. The second-order valence-corrected chi connectivity index (χ2v) is 5.78. The van der Waals surface area contributed by atoms with Gasteiger partial charge in [-0.05, 0) is 38.8 Å². The van der Waals surface area contributed by atoms with Crippen molar-refractivity contribution in [3.8, 4) is 0 Å². The van der Waals surface area contributed by atoms with E-state index in [9.17, 15) is 0 Å². The van der Waals surface area contributed by atoms with Gasteiger partial charge in [0.2, 0.25) is 0 Å². The number of allylic oxidation sites excluding steroid dienone is 1. The number of rotatable bonds is 9. The maximum absolute atomic E-state index is 6.30. The van der Waals surface area contributed by atoms with Crippen LogP contribution in [0.25, 0.3) is 0 Å². The van der Waals surface area contributed by atoms with Crippen LogP contribution < -0.4 is 0 Å². The molecular formula is C15H30BN. The topological polar surface area (TPSA) is 3.24 Å². The summed E-state index contributed by atoms with van der Waals surface area (Å²) in [6.45, 7) is 10.7. The Morgan fingerprint density at radius 3 is 2.18 bits per heavy atom. The molecule has 0 amide bonds. The Labute approximate surface area is 110 Å². The van der Waals surface area contributed by atoms with Crippen LogP contribution in [0.15, 0.2) is 12.7 Å². The normalized spacial score (nSPS) is 17.1. The Hall–Kier alpha value is -0.235. The smallest absolute Gasteiger partial charge is 0.0725 e. The lowest BCUT2D eigenvalue weighted by Gasteiger charge is -2.37. The fourth-order valence-electron chi connectivity index (χ4n) is 2.65. The van der Waals surface area contributed by atoms with Gasteiger partial charge in [-0.2, -0.15) is 0 Å². The molecule has 1 nitrogen and oxygen atoms in total. The molecule has 0 heterocycles. The van der Waals surface area contributed by atoms with Gasteiger partial charge in [-0.25, -0.2) is 0 Å². The predicted octanol–water partition coefficient (Wildman–Crippen LogP) is 3.91. The first-order valence-corrected chi connectivity index (χ1v) is 6.96. The minimum atomic E-state index is 0.208. The van der Waals surface area contributed by atoms with Gasteiger partial charge in [0.15, 0.2) is 0 Å². The highest BCUT2D eigenvalue weighted by atomic mass is 15.1. The average molecular weight is 235 g/mol. The molecule has 0 bridgehead atoms. The summed E-state index contributed by atoms with van der Waals surface area (Å²) in [5.41, 5.74) is 0. The van der Waals surface area contributed by atoms with Crippen LogP contribution in [0.5, 0.6) is 0 Å². The maximum Gasteiger partial charge on any atom is 0.0725 e. The summed E-state index contributed by atoms with van der Waals surface area (Å²) in [5.74, 6) is 1.68. The molecule has 3 unspecified atom stereocenters. The van der Waals surface area contributed by atoms with E-state index in [2.05, 4.69) is 46.3 Å². The van der Waals surface area contributed by atoms with Crippen LogP contribution in [-0.4, -0.2) is 32.9 Å². The number of nitrogens with zero attached hydrogens (tertiary/aromatic N) is 1. The van der Waals surface area contributed by atoms with Gasteiger partial charge in [0.1, 0.15) is 0 Å². The monoisotopic (exact) mass is 235 g/mol. The highest BCUT2D eigenvalue weighted by Crippen LogP contribution is 2.30. The van der Waals surface area contributed by atoms with Crippen LogP contribution in [0.2, 0.25) is 5.82 Å². The highest BCUT2D eigenvalue weighted by Gasteiger charge is 2.26. The van der Waals surface area contributed by atoms with Crippen LogP contribution in [0.4, 0.5) is 0 Å². The lowest BCUT2D eigenvalue weighted by molar-refractivity contribution is 0.179. The third-order valence-corrected chi connectivity index (χ3v) is 3.60. The molecule has 0 fully saturated rings. The van der Waals surface area contributed by atoms with Crippen molar-refractivity contribution in [3.63, 3.8) is 0 Å².